The number of aliphatic hydroxyl groups is 1. The Morgan fingerprint density at radius 3 is 2.63 bits per heavy atom. The summed E-state index contributed by atoms with van der Waals surface area (Å²) in [6.45, 7) is 4.32. The number of aryl methyl sites for hydroxylation is 1. The molecule has 1 aromatic rings. The molecule has 0 saturated carbocycles. The van der Waals surface area contributed by atoms with E-state index < -0.39 is 6.10 Å². The molecule has 0 amide bonds. The van der Waals surface area contributed by atoms with Gasteiger partial charge in [-0.1, -0.05) is 6.92 Å². The number of nitriles is 1. The van der Waals surface area contributed by atoms with Crippen molar-refractivity contribution >= 4 is 5.82 Å². The molecule has 0 bridgehead atoms. The van der Waals surface area contributed by atoms with E-state index in [1.165, 1.54) is 23.2 Å². The Labute approximate surface area is 114 Å². The molecule has 1 aliphatic carbocycles. The molecule has 1 aromatic heterocycles. The fourth-order valence-corrected chi connectivity index (χ4v) is 2.76. The summed E-state index contributed by atoms with van der Waals surface area (Å²) in [6.07, 6.45) is 4.94. The van der Waals surface area contributed by atoms with Crippen molar-refractivity contribution in [2.75, 3.05) is 11.9 Å². The largest absolute Gasteiger partial charge is 0.389 e. The number of aliphatic hydroxyl groups excluding tert-OH is 1. The average molecular weight is 260 g/mol. The van der Waals surface area contributed by atoms with Gasteiger partial charge < -0.3 is 5.11 Å². The van der Waals surface area contributed by atoms with E-state index in [-0.39, 0.29) is 0 Å². The highest BCUT2D eigenvalue weighted by atomic mass is 16.3. The molecule has 1 aliphatic rings. The molecule has 4 nitrogen and oxygen atoms in total. The summed E-state index contributed by atoms with van der Waals surface area (Å²) in [6, 6.07) is 2.32. The highest BCUT2D eigenvalue weighted by Gasteiger charge is 2.24. The zero-order valence-electron chi connectivity index (χ0n) is 11.7. The van der Waals surface area contributed by atoms with Crippen LogP contribution in [-0.4, -0.2) is 17.8 Å². The maximum absolute atomic E-state index is 9.43. The zero-order valence-corrected chi connectivity index (χ0v) is 11.7. The van der Waals surface area contributed by atoms with Crippen LogP contribution in [0.15, 0.2) is 0 Å². The van der Waals surface area contributed by atoms with Crippen molar-refractivity contribution in [3.8, 4) is 6.07 Å². The van der Waals surface area contributed by atoms with Gasteiger partial charge in [-0.25, -0.2) is 4.98 Å². The number of fused-ring (bicyclic) bond motifs is 1. The number of nitrogens with zero attached hydrogens (tertiary/aromatic N) is 1. The highest BCUT2D eigenvalue weighted by Crippen LogP contribution is 2.28. The topological polar surface area (TPSA) is 70.2 Å². The Kier molecular flexibility index (Phi) is 4.39. The minimum absolute atomic E-state index is 0.430. The Hall–Kier alpha value is -1.60. The van der Waals surface area contributed by atoms with Crippen LogP contribution in [0.2, 0.25) is 0 Å². The van der Waals surface area contributed by atoms with Crippen LogP contribution in [0.4, 0.5) is 5.82 Å². The predicted octanol–water partition coefficient (Wildman–Crippen LogP) is 1.61. The van der Waals surface area contributed by atoms with Gasteiger partial charge in [0.1, 0.15) is 23.9 Å². The minimum atomic E-state index is -0.430. The monoisotopic (exact) mass is 260 g/mol. The summed E-state index contributed by atoms with van der Waals surface area (Å²) in [7, 11) is 0. The van der Waals surface area contributed by atoms with Crippen LogP contribution in [0.1, 0.15) is 49.1 Å². The summed E-state index contributed by atoms with van der Waals surface area (Å²) < 4.78 is 0. The van der Waals surface area contributed by atoms with Crippen LogP contribution in [0.5, 0.6) is 0 Å². The highest BCUT2D eigenvalue weighted by molar-refractivity contribution is 5.56. The predicted molar refractivity (Wildman–Crippen MR) is 73.9 cm³/mol. The number of rotatable bonds is 4. The third kappa shape index (κ3) is 2.87. The Balaban J connectivity index is 2.45. The van der Waals surface area contributed by atoms with Gasteiger partial charge in [0.25, 0.3) is 5.82 Å². The lowest BCUT2D eigenvalue weighted by Gasteiger charge is -2.19. The Morgan fingerprint density at radius 2 is 2.05 bits per heavy atom. The maximum Gasteiger partial charge on any atom is 0.290 e. The number of nitrogens with one attached hydrogen (secondary N) is 2. The molecule has 3 N–H and O–H groups in total. The van der Waals surface area contributed by atoms with Crippen molar-refractivity contribution in [2.45, 2.75) is 52.1 Å². The third-order valence-corrected chi connectivity index (χ3v) is 3.70. The fourth-order valence-electron chi connectivity index (χ4n) is 2.76. The average Bonchev–Trinajstić information content (AvgIpc) is 2.43. The SMILES string of the molecule is CCc1[nH+]c(NC[C@@H](C)O)c(C#N)c2c1CCCC2. The van der Waals surface area contributed by atoms with E-state index >= 15 is 0 Å². The molecule has 0 aliphatic heterocycles. The minimum Gasteiger partial charge on any atom is -0.389 e. The van der Waals surface area contributed by atoms with E-state index in [0.29, 0.717) is 6.54 Å². The summed E-state index contributed by atoms with van der Waals surface area (Å²) in [5.74, 6) is 0.765. The molecule has 0 aromatic carbocycles. The van der Waals surface area contributed by atoms with E-state index in [2.05, 4.69) is 23.3 Å². The first-order valence-corrected chi connectivity index (χ1v) is 7.09. The lowest BCUT2D eigenvalue weighted by Crippen LogP contribution is -2.28. The van der Waals surface area contributed by atoms with Crippen LogP contribution in [-0.2, 0) is 19.3 Å². The molecule has 2 rings (SSSR count). The summed E-state index contributed by atoms with van der Waals surface area (Å²) in [5, 5.41) is 22.0. The number of anilines is 1. The number of aromatic amines is 1. The van der Waals surface area contributed by atoms with Gasteiger partial charge in [-0.3, -0.25) is 5.32 Å². The zero-order chi connectivity index (χ0) is 13.8. The Morgan fingerprint density at radius 1 is 1.37 bits per heavy atom. The number of pyridine rings is 1. The molecule has 1 atom stereocenters. The molecule has 0 saturated heterocycles. The molecule has 1 heterocycles. The van der Waals surface area contributed by atoms with E-state index in [0.717, 1.165) is 37.1 Å². The van der Waals surface area contributed by atoms with Gasteiger partial charge in [0.15, 0.2) is 0 Å². The van der Waals surface area contributed by atoms with Crippen LogP contribution in [0.25, 0.3) is 0 Å². The first-order valence-electron chi connectivity index (χ1n) is 7.09. The van der Waals surface area contributed by atoms with E-state index in [1.807, 2.05) is 0 Å². The lowest BCUT2D eigenvalue weighted by atomic mass is 9.87. The first-order chi connectivity index (χ1) is 9.17. The number of hydrogen-bond donors (Lipinski definition) is 2. The standard InChI is InChI=1S/C15H21N3O/c1-3-14-12-7-5-4-6-11(12)13(8-16)15(18-14)17-9-10(2)19/h10,19H,3-7,9H2,1-2H3,(H,17,18)/p+1/t10-/m1/s1. The molecular weight excluding hydrogens is 238 g/mol. The normalized spacial score (nSPS) is 15.5. The van der Waals surface area contributed by atoms with Crippen LogP contribution >= 0.6 is 0 Å². The van der Waals surface area contributed by atoms with Gasteiger partial charge in [0.2, 0.25) is 0 Å². The third-order valence-electron chi connectivity index (χ3n) is 3.70. The van der Waals surface area contributed by atoms with Crippen LogP contribution in [0.3, 0.4) is 0 Å². The molecule has 0 fully saturated rings. The van der Waals surface area contributed by atoms with Gasteiger partial charge >= 0.3 is 0 Å². The molecule has 102 valence electrons. The van der Waals surface area contributed by atoms with Crippen LogP contribution in [0, 0.1) is 11.3 Å². The van der Waals surface area contributed by atoms with E-state index in [4.69, 9.17) is 0 Å². The van der Waals surface area contributed by atoms with Gasteiger partial charge in [-0.2, -0.15) is 5.26 Å². The second-order valence-electron chi connectivity index (χ2n) is 5.21. The molecule has 4 heteroatoms. The second-order valence-corrected chi connectivity index (χ2v) is 5.21. The second kappa shape index (κ2) is 6.03. The van der Waals surface area contributed by atoms with Crippen molar-refractivity contribution in [2.24, 2.45) is 0 Å². The van der Waals surface area contributed by atoms with Crippen LogP contribution < -0.4 is 10.3 Å². The number of aromatic nitrogens is 1. The molecule has 0 radical (unpaired) electrons. The van der Waals surface area contributed by atoms with Gasteiger partial charge in [-0.05, 0) is 43.7 Å². The van der Waals surface area contributed by atoms with Crippen molar-refractivity contribution in [1.82, 2.24) is 0 Å². The number of H-pyrrole nitrogens is 1. The smallest absolute Gasteiger partial charge is 0.290 e. The molecule has 0 unspecified atom stereocenters. The van der Waals surface area contributed by atoms with Gasteiger partial charge in [0.05, 0.1) is 6.10 Å². The van der Waals surface area contributed by atoms with Gasteiger partial charge in [0, 0.05) is 6.42 Å². The number of hydrogen-bond acceptors (Lipinski definition) is 3. The summed E-state index contributed by atoms with van der Waals surface area (Å²) >= 11 is 0. The van der Waals surface area contributed by atoms with Crippen molar-refractivity contribution in [1.29, 1.82) is 5.26 Å². The van der Waals surface area contributed by atoms with Crippen molar-refractivity contribution in [3.63, 3.8) is 0 Å². The van der Waals surface area contributed by atoms with Gasteiger partial charge in [-0.15, -0.1) is 0 Å². The molecule has 19 heavy (non-hydrogen) atoms. The fraction of sp³-hybridized carbons (Fsp3) is 0.600. The summed E-state index contributed by atoms with van der Waals surface area (Å²) in [5.41, 5.74) is 4.50. The Bertz CT molecular complexity index is 503. The maximum atomic E-state index is 9.43. The quantitative estimate of drug-likeness (QED) is 0.864. The van der Waals surface area contributed by atoms with E-state index in [1.54, 1.807) is 6.92 Å². The summed E-state index contributed by atoms with van der Waals surface area (Å²) in [4.78, 5) is 3.35. The lowest BCUT2D eigenvalue weighted by molar-refractivity contribution is -0.374. The molecule has 0 spiro atoms. The molecular formula is C15H22N3O+. The van der Waals surface area contributed by atoms with E-state index in [9.17, 15) is 10.4 Å². The van der Waals surface area contributed by atoms with Crippen molar-refractivity contribution < 1.29 is 10.1 Å². The van der Waals surface area contributed by atoms with Crippen molar-refractivity contribution in [3.05, 3.63) is 22.4 Å². The first kappa shape index (κ1) is 13.8.